The molecule has 1 aliphatic rings. The zero-order valence-electron chi connectivity index (χ0n) is 19.7. The molecule has 4 rings (SSSR count). The highest BCUT2D eigenvalue weighted by atomic mass is 79.9. The van der Waals surface area contributed by atoms with Crippen molar-refractivity contribution in [2.75, 3.05) is 21.3 Å². The fourth-order valence-corrected chi connectivity index (χ4v) is 3.91. The molecule has 0 atom stereocenters. The summed E-state index contributed by atoms with van der Waals surface area (Å²) in [6, 6.07) is 17.6. The monoisotopic (exact) mass is 551 g/mol. The van der Waals surface area contributed by atoms with E-state index in [9.17, 15) is 9.59 Å². The largest absolute Gasteiger partial charge is 0.493 e. The van der Waals surface area contributed by atoms with E-state index in [0.29, 0.717) is 28.4 Å². The molecule has 0 aliphatic carbocycles. The number of aliphatic imine (C=N–C) groups is 1. The van der Waals surface area contributed by atoms with Crippen LogP contribution in [0.25, 0.3) is 6.08 Å². The number of hydrogen-bond acceptors (Lipinski definition) is 8. The molecule has 184 valence electrons. The van der Waals surface area contributed by atoms with Crippen molar-refractivity contribution >= 4 is 39.8 Å². The van der Waals surface area contributed by atoms with Crippen LogP contribution >= 0.6 is 15.9 Å². The topological polar surface area (TPSA) is 92.7 Å². The highest BCUT2D eigenvalue weighted by Crippen LogP contribution is 2.39. The third kappa shape index (κ3) is 5.58. The smallest absolute Gasteiger partial charge is 0.363 e. The number of nitrogens with zero attached hydrogens (tertiary/aromatic N) is 1. The van der Waals surface area contributed by atoms with Crippen LogP contribution in [0, 0.1) is 0 Å². The SMILES string of the molecule is COc1cc(C2=N/C(=C/c3cc(Br)ccc3OC(=O)Cc3ccccc3)C(=O)O2)cc(OC)c1OC. The normalized spacial score (nSPS) is 13.7. The van der Waals surface area contributed by atoms with Crippen LogP contribution in [0.3, 0.4) is 0 Å². The van der Waals surface area contributed by atoms with Gasteiger partial charge in [0.1, 0.15) is 5.75 Å². The van der Waals surface area contributed by atoms with Gasteiger partial charge in [0.15, 0.2) is 17.2 Å². The van der Waals surface area contributed by atoms with E-state index >= 15 is 0 Å². The number of esters is 2. The number of methoxy groups -OCH3 is 3. The summed E-state index contributed by atoms with van der Waals surface area (Å²) in [6.07, 6.45) is 1.61. The number of ether oxygens (including phenoxy) is 5. The maximum absolute atomic E-state index is 12.6. The number of carbonyl (C=O) groups excluding carboxylic acids is 2. The van der Waals surface area contributed by atoms with Gasteiger partial charge in [-0.05, 0) is 42.0 Å². The first-order valence-electron chi connectivity index (χ1n) is 10.8. The minimum atomic E-state index is -0.653. The van der Waals surface area contributed by atoms with Crippen LogP contribution in [-0.2, 0) is 20.7 Å². The first-order chi connectivity index (χ1) is 17.4. The van der Waals surface area contributed by atoms with E-state index in [2.05, 4.69) is 20.9 Å². The fourth-order valence-electron chi connectivity index (χ4n) is 3.53. The van der Waals surface area contributed by atoms with Crippen LogP contribution in [0.2, 0.25) is 0 Å². The van der Waals surface area contributed by atoms with Gasteiger partial charge in [0.2, 0.25) is 11.6 Å². The molecule has 0 unspecified atom stereocenters. The Bertz CT molecular complexity index is 1340. The lowest BCUT2D eigenvalue weighted by Crippen LogP contribution is -2.12. The molecule has 0 bridgehead atoms. The summed E-state index contributed by atoms with van der Waals surface area (Å²) in [5.74, 6) is 0.462. The molecule has 1 aliphatic heterocycles. The average Bonchev–Trinajstić information content (AvgIpc) is 3.25. The van der Waals surface area contributed by atoms with Crippen LogP contribution in [0.4, 0.5) is 0 Å². The summed E-state index contributed by atoms with van der Waals surface area (Å²) >= 11 is 3.41. The minimum absolute atomic E-state index is 0.0391. The lowest BCUT2D eigenvalue weighted by Gasteiger charge is -2.13. The van der Waals surface area contributed by atoms with Crippen LogP contribution in [0.1, 0.15) is 16.7 Å². The Kier molecular flexibility index (Phi) is 7.70. The van der Waals surface area contributed by atoms with Crippen LogP contribution in [0.15, 0.2) is 75.8 Å². The van der Waals surface area contributed by atoms with Gasteiger partial charge in [-0.1, -0.05) is 46.3 Å². The van der Waals surface area contributed by atoms with Crippen LogP contribution in [-0.4, -0.2) is 39.2 Å². The molecule has 0 N–H and O–H groups in total. The molecule has 3 aromatic rings. The first kappa shape index (κ1) is 25.0. The molecule has 0 saturated carbocycles. The first-order valence-corrected chi connectivity index (χ1v) is 11.6. The number of carbonyl (C=O) groups is 2. The number of benzene rings is 3. The van der Waals surface area contributed by atoms with E-state index in [1.165, 1.54) is 27.4 Å². The fraction of sp³-hybridized carbons (Fsp3) is 0.148. The predicted octanol–water partition coefficient (Wildman–Crippen LogP) is 4.97. The Labute approximate surface area is 216 Å². The van der Waals surface area contributed by atoms with Crippen LogP contribution in [0.5, 0.6) is 23.0 Å². The Morgan fingerprint density at radius 3 is 2.28 bits per heavy atom. The van der Waals surface area contributed by atoms with Gasteiger partial charge in [0.05, 0.1) is 27.8 Å². The summed E-state index contributed by atoms with van der Waals surface area (Å²) in [6.45, 7) is 0. The maximum atomic E-state index is 12.6. The van der Waals surface area contributed by atoms with E-state index in [1.54, 1.807) is 30.3 Å². The van der Waals surface area contributed by atoms with Gasteiger partial charge in [0.25, 0.3) is 0 Å². The second kappa shape index (κ2) is 11.1. The second-order valence-corrected chi connectivity index (χ2v) is 8.48. The lowest BCUT2D eigenvalue weighted by molar-refractivity contribution is -0.133. The number of halogens is 1. The molecule has 0 aromatic heterocycles. The summed E-state index contributed by atoms with van der Waals surface area (Å²) in [5.41, 5.74) is 1.81. The molecule has 0 spiro atoms. The van der Waals surface area contributed by atoms with Crippen molar-refractivity contribution in [3.63, 3.8) is 0 Å². The van der Waals surface area contributed by atoms with Gasteiger partial charge in [-0.3, -0.25) is 4.79 Å². The molecule has 8 nitrogen and oxygen atoms in total. The highest BCUT2D eigenvalue weighted by Gasteiger charge is 2.27. The minimum Gasteiger partial charge on any atom is -0.493 e. The number of cyclic esters (lactones) is 1. The summed E-state index contributed by atoms with van der Waals surface area (Å²) in [7, 11) is 4.47. The van der Waals surface area contributed by atoms with Crippen molar-refractivity contribution in [1.29, 1.82) is 0 Å². The summed E-state index contributed by atoms with van der Waals surface area (Å²) in [4.78, 5) is 29.5. The van der Waals surface area contributed by atoms with E-state index in [4.69, 9.17) is 23.7 Å². The van der Waals surface area contributed by atoms with Gasteiger partial charge in [-0.15, -0.1) is 0 Å². The average molecular weight is 552 g/mol. The maximum Gasteiger partial charge on any atom is 0.363 e. The Morgan fingerprint density at radius 1 is 0.944 bits per heavy atom. The number of hydrogen-bond donors (Lipinski definition) is 0. The molecular formula is C27H22BrNO7. The molecule has 36 heavy (non-hydrogen) atoms. The third-order valence-electron chi connectivity index (χ3n) is 5.21. The molecule has 0 saturated heterocycles. The quantitative estimate of drug-likeness (QED) is 0.222. The molecule has 9 heteroatoms. The second-order valence-electron chi connectivity index (χ2n) is 7.57. The lowest BCUT2D eigenvalue weighted by atomic mass is 10.1. The Hall–Kier alpha value is -4.11. The number of rotatable bonds is 8. The van der Waals surface area contributed by atoms with Crippen molar-refractivity contribution in [3.8, 4) is 23.0 Å². The zero-order chi connectivity index (χ0) is 25.7. The van der Waals surface area contributed by atoms with Crippen molar-refractivity contribution in [2.45, 2.75) is 6.42 Å². The Balaban J connectivity index is 1.64. The van der Waals surface area contributed by atoms with Crippen molar-refractivity contribution < 1.29 is 33.3 Å². The summed E-state index contributed by atoms with van der Waals surface area (Å²) < 4.78 is 27.8. The Morgan fingerprint density at radius 2 is 1.64 bits per heavy atom. The van der Waals surface area contributed by atoms with E-state index in [1.807, 2.05) is 30.3 Å². The summed E-state index contributed by atoms with van der Waals surface area (Å²) in [5, 5.41) is 0. The molecular weight excluding hydrogens is 530 g/mol. The molecule has 0 amide bonds. The van der Waals surface area contributed by atoms with E-state index in [-0.39, 0.29) is 23.8 Å². The third-order valence-corrected chi connectivity index (χ3v) is 5.70. The zero-order valence-corrected chi connectivity index (χ0v) is 21.3. The molecule has 1 heterocycles. The van der Waals surface area contributed by atoms with E-state index in [0.717, 1.165) is 10.0 Å². The van der Waals surface area contributed by atoms with Crippen molar-refractivity contribution in [1.82, 2.24) is 0 Å². The van der Waals surface area contributed by atoms with Gasteiger partial charge in [0, 0.05) is 15.6 Å². The molecule has 0 fully saturated rings. The van der Waals surface area contributed by atoms with Gasteiger partial charge in [-0.2, -0.15) is 0 Å². The van der Waals surface area contributed by atoms with Crippen molar-refractivity contribution in [3.05, 3.63) is 87.5 Å². The van der Waals surface area contributed by atoms with E-state index < -0.39 is 11.9 Å². The van der Waals surface area contributed by atoms with Gasteiger partial charge >= 0.3 is 11.9 Å². The standard InChI is InChI=1S/C27H22BrNO7/c1-32-22-14-18(15-23(33-2)25(22)34-3)26-29-20(27(31)36-26)13-17-12-19(28)9-10-21(17)35-24(30)11-16-7-5-4-6-8-16/h4-10,12-15H,11H2,1-3H3/b20-13+. The van der Waals surface area contributed by atoms with Crippen LogP contribution < -0.4 is 18.9 Å². The molecule has 3 aromatic carbocycles. The molecule has 0 radical (unpaired) electrons. The van der Waals surface area contributed by atoms with Gasteiger partial charge in [-0.25, -0.2) is 9.79 Å². The van der Waals surface area contributed by atoms with Crippen molar-refractivity contribution in [2.24, 2.45) is 4.99 Å². The predicted molar refractivity (Wildman–Crippen MR) is 137 cm³/mol. The highest BCUT2D eigenvalue weighted by molar-refractivity contribution is 9.10. The van der Waals surface area contributed by atoms with Gasteiger partial charge < -0.3 is 23.7 Å².